The zero-order valence-corrected chi connectivity index (χ0v) is 7.12. The molecule has 0 aromatic heterocycles. The van der Waals surface area contributed by atoms with Gasteiger partial charge in [-0.05, 0) is 0 Å². The molecular formula is H12NdO7. The van der Waals surface area contributed by atoms with Crippen molar-refractivity contribution in [3.63, 3.8) is 0 Å². The molecule has 0 unspecified atom stereocenters. The molecule has 0 amide bonds. The van der Waals surface area contributed by atoms with Gasteiger partial charge in [-0.15, -0.1) is 0 Å². The Hall–Kier alpha value is 0.911. The molecule has 0 bridgehead atoms. The second-order valence-electron chi connectivity index (χ2n) is 0. The van der Waals surface area contributed by atoms with Crippen LogP contribution in [0, 0.1) is 38.9 Å². The maximum absolute atomic E-state index is 8.39. The van der Waals surface area contributed by atoms with Gasteiger partial charge < -0.3 is 32.9 Å². The van der Waals surface area contributed by atoms with Crippen LogP contribution in [0.4, 0.5) is 0 Å². The second kappa shape index (κ2) is 456. The molecular weight excluding hydrogens is 256 g/mol. The van der Waals surface area contributed by atoms with Gasteiger partial charge in [0.2, 0.25) is 0 Å². The standard InChI is InChI=1S/Nd.6H2O.O/h;6*1H2;. The molecule has 7 nitrogen and oxygen atoms in total. The number of rotatable bonds is 0. The van der Waals surface area contributed by atoms with E-state index in [0.29, 0.717) is 0 Å². The summed E-state index contributed by atoms with van der Waals surface area (Å²) in [6.45, 7) is 0. The van der Waals surface area contributed by atoms with Crippen LogP contribution in [-0.2, 0) is 1.05 Å². The van der Waals surface area contributed by atoms with Crippen molar-refractivity contribution >= 4 is 0 Å². The molecule has 0 aromatic carbocycles. The molecule has 0 aliphatic carbocycles. The first kappa shape index (κ1) is 153. The average molecular weight is 268 g/mol. The predicted octanol–water partition coefficient (Wildman–Crippen LogP) is -5.07. The first-order valence-corrected chi connectivity index (χ1v) is 1.51. The van der Waals surface area contributed by atoms with E-state index in [4.69, 9.17) is 1.05 Å². The van der Waals surface area contributed by atoms with Crippen LogP contribution in [0.5, 0.6) is 0 Å². The van der Waals surface area contributed by atoms with E-state index in [9.17, 15) is 0 Å². The molecule has 0 saturated heterocycles. The summed E-state index contributed by atoms with van der Waals surface area (Å²) >= 11 is 0.0556. The summed E-state index contributed by atoms with van der Waals surface area (Å²) in [5.74, 6) is 0. The zero-order chi connectivity index (χ0) is 2.00. The Morgan fingerprint density at radius 3 is 0.500 bits per heavy atom. The summed E-state index contributed by atoms with van der Waals surface area (Å²) in [5, 5.41) is 0. The topological polar surface area (TPSA) is 206 Å². The Kier molecular flexibility index (Phi) is 8700. The van der Waals surface area contributed by atoms with E-state index in [1.807, 2.05) is 0 Å². The van der Waals surface area contributed by atoms with Gasteiger partial charge >= 0.3 is 39.9 Å². The monoisotopic (exact) mass is 266 g/mol. The normalized spacial score (nSPS) is 0.375. The SMILES string of the molecule is O.O.O.O.O.O.[O]=[Nd]. The van der Waals surface area contributed by atoms with Crippen molar-refractivity contribution < 1.29 is 72.8 Å². The Balaban J connectivity index is -0.000000000333. The quantitative estimate of drug-likeness (QED) is 0.415. The van der Waals surface area contributed by atoms with E-state index in [1.54, 1.807) is 0 Å². The third kappa shape index (κ3) is 291. The molecule has 0 fully saturated rings. The number of hydrogen-bond donors (Lipinski definition) is 0. The van der Waals surface area contributed by atoms with Gasteiger partial charge in [-0.3, -0.25) is 0 Å². The molecule has 0 aliphatic rings. The molecule has 0 radical (unpaired) electrons. The van der Waals surface area contributed by atoms with Gasteiger partial charge in [0.25, 0.3) is 0 Å². The Morgan fingerprint density at radius 2 is 0.500 bits per heavy atom. The fraction of sp³-hybridized carbons (Fsp3) is 0. The van der Waals surface area contributed by atoms with Crippen LogP contribution < -0.4 is 0 Å². The van der Waals surface area contributed by atoms with Crippen LogP contribution >= 0.6 is 0 Å². The Labute approximate surface area is 72.4 Å². The van der Waals surface area contributed by atoms with E-state index in [2.05, 4.69) is 0 Å². The van der Waals surface area contributed by atoms with Crippen LogP contribution in [0.1, 0.15) is 0 Å². The minimum atomic E-state index is 0. The predicted molar refractivity (Wildman–Crippen MR) is 22.4 cm³/mol. The summed E-state index contributed by atoms with van der Waals surface area (Å²) in [6.07, 6.45) is 0. The van der Waals surface area contributed by atoms with Gasteiger partial charge in [0, 0.05) is 0 Å². The van der Waals surface area contributed by atoms with Crippen molar-refractivity contribution in [3.05, 3.63) is 0 Å². The second-order valence-corrected chi connectivity index (χ2v) is 0. The van der Waals surface area contributed by atoms with E-state index in [0.717, 1.165) is 0 Å². The first-order valence-electron chi connectivity index (χ1n) is 0.204. The Bertz CT molecular complexity index is 4.35. The Morgan fingerprint density at radius 1 is 0.500 bits per heavy atom. The molecule has 0 atom stereocenters. The van der Waals surface area contributed by atoms with Crippen molar-refractivity contribution in [2.45, 2.75) is 0 Å². The van der Waals surface area contributed by atoms with Crippen LogP contribution in [-0.4, -0.2) is 32.9 Å². The van der Waals surface area contributed by atoms with Crippen LogP contribution in [0.25, 0.3) is 0 Å². The average Bonchev–Trinajstić information content (AvgIpc) is 1.00. The summed E-state index contributed by atoms with van der Waals surface area (Å²) in [7, 11) is 0. The van der Waals surface area contributed by atoms with Crippen molar-refractivity contribution in [2.24, 2.45) is 0 Å². The molecule has 0 heterocycles. The van der Waals surface area contributed by atoms with Crippen LogP contribution in [0.3, 0.4) is 0 Å². The molecule has 0 aliphatic heterocycles. The van der Waals surface area contributed by atoms with E-state index < -0.39 is 0 Å². The summed E-state index contributed by atoms with van der Waals surface area (Å²) in [5.41, 5.74) is 0. The van der Waals surface area contributed by atoms with Crippen LogP contribution in [0.15, 0.2) is 0 Å². The molecule has 0 saturated carbocycles. The summed E-state index contributed by atoms with van der Waals surface area (Å²) in [6, 6.07) is 0. The van der Waals surface area contributed by atoms with Gasteiger partial charge in [-0.2, -0.15) is 0 Å². The van der Waals surface area contributed by atoms with E-state index >= 15 is 0 Å². The molecule has 8 heavy (non-hydrogen) atoms. The first-order chi connectivity index (χ1) is 1.00. The van der Waals surface area contributed by atoms with Crippen molar-refractivity contribution in [1.29, 1.82) is 0 Å². The van der Waals surface area contributed by atoms with Crippen molar-refractivity contribution in [3.8, 4) is 0 Å². The fourth-order valence-corrected chi connectivity index (χ4v) is 0. The van der Waals surface area contributed by atoms with Crippen molar-refractivity contribution in [1.82, 2.24) is 0 Å². The van der Waals surface area contributed by atoms with E-state index in [1.165, 1.54) is 0 Å². The third-order valence-electron chi connectivity index (χ3n) is 0. The van der Waals surface area contributed by atoms with Crippen LogP contribution in [0.2, 0.25) is 0 Å². The molecule has 0 rings (SSSR count). The van der Waals surface area contributed by atoms with Gasteiger partial charge in [-0.25, -0.2) is 0 Å². The molecule has 0 aromatic rings. The van der Waals surface area contributed by atoms with Gasteiger partial charge in [0.15, 0.2) is 0 Å². The van der Waals surface area contributed by atoms with E-state index in [-0.39, 0.29) is 71.7 Å². The minimum absolute atomic E-state index is 0. The third-order valence-corrected chi connectivity index (χ3v) is 0. The van der Waals surface area contributed by atoms with Gasteiger partial charge in [0.1, 0.15) is 0 Å². The maximum atomic E-state index is 8.39. The zero-order valence-electron chi connectivity index (χ0n) is 3.91. The van der Waals surface area contributed by atoms with Gasteiger partial charge in [-0.1, -0.05) is 0 Å². The van der Waals surface area contributed by atoms with Crippen molar-refractivity contribution in [2.75, 3.05) is 0 Å². The van der Waals surface area contributed by atoms with Gasteiger partial charge in [0.05, 0.1) is 0 Å². The molecule has 8 heteroatoms. The summed E-state index contributed by atoms with van der Waals surface area (Å²) < 4.78 is 8.39. The summed E-state index contributed by atoms with van der Waals surface area (Å²) in [4.78, 5) is 0. The number of hydrogen-bond acceptors (Lipinski definition) is 1. The molecule has 12 N–H and O–H groups in total. The fourth-order valence-electron chi connectivity index (χ4n) is 0. The molecule has 0 spiro atoms. The molecule has 58 valence electrons.